The second-order valence-corrected chi connectivity index (χ2v) is 2.62. The summed E-state index contributed by atoms with van der Waals surface area (Å²) >= 11 is 0. The van der Waals surface area contributed by atoms with Crippen LogP contribution in [0.3, 0.4) is 0 Å². The zero-order valence-electron chi connectivity index (χ0n) is 5.96. The molecule has 2 N–H and O–H groups in total. The van der Waals surface area contributed by atoms with Crippen molar-refractivity contribution in [3.05, 3.63) is 0 Å². The maximum Gasteiger partial charge on any atom is 0.242 e. The van der Waals surface area contributed by atoms with Crippen molar-refractivity contribution in [2.24, 2.45) is 5.92 Å². The Balaban J connectivity index is 0.000001000. The summed E-state index contributed by atoms with van der Waals surface area (Å²) in [7, 11) is 0. The van der Waals surface area contributed by atoms with Crippen LogP contribution in [0.5, 0.6) is 0 Å². The monoisotopic (exact) mass is 187 g/mol. The van der Waals surface area contributed by atoms with Crippen LogP contribution in [-0.4, -0.2) is 30.7 Å². The summed E-state index contributed by atoms with van der Waals surface area (Å²) in [5.41, 5.74) is 0. The quantitative estimate of drug-likeness (QED) is 0.665. The molecule has 0 amide bonds. The molecule has 2 nitrogen and oxygen atoms in total. The summed E-state index contributed by atoms with van der Waals surface area (Å²) in [5, 5.41) is 11.4. The highest BCUT2D eigenvalue weighted by atomic mass is 35.5. The van der Waals surface area contributed by atoms with E-state index >= 15 is 0 Å². The summed E-state index contributed by atoms with van der Waals surface area (Å²) in [6.07, 6.45) is -1.85. The maximum absolute atomic E-state index is 11.9. The van der Waals surface area contributed by atoms with Crippen molar-refractivity contribution < 1.29 is 13.9 Å². The fourth-order valence-corrected chi connectivity index (χ4v) is 1.18. The van der Waals surface area contributed by atoms with Crippen LogP contribution in [-0.2, 0) is 0 Å². The lowest BCUT2D eigenvalue weighted by Gasteiger charge is -2.05. The van der Waals surface area contributed by atoms with Gasteiger partial charge in [-0.25, -0.2) is 8.78 Å². The molecule has 1 heterocycles. The first-order valence-electron chi connectivity index (χ1n) is 3.36. The van der Waals surface area contributed by atoms with Gasteiger partial charge in [-0.3, -0.25) is 0 Å². The second kappa shape index (κ2) is 4.85. The van der Waals surface area contributed by atoms with Crippen LogP contribution in [0.15, 0.2) is 0 Å². The van der Waals surface area contributed by atoms with Gasteiger partial charge in [-0.1, -0.05) is 0 Å². The summed E-state index contributed by atoms with van der Waals surface area (Å²) in [6.45, 7) is 0.298. The van der Waals surface area contributed by atoms with E-state index in [1.807, 2.05) is 0 Å². The highest BCUT2D eigenvalue weighted by molar-refractivity contribution is 5.85. The molecule has 0 unspecified atom stereocenters. The minimum absolute atomic E-state index is 0. The Hall–Kier alpha value is 0.0700. The summed E-state index contributed by atoms with van der Waals surface area (Å²) in [6, 6.07) is -0.112. The molecule has 1 rings (SSSR count). The van der Waals surface area contributed by atoms with Crippen molar-refractivity contribution in [3.8, 4) is 0 Å². The predicted octanol–water partition coefficient (Wildman–Crippen LogP) is 0.644. The molecule has 0 saturated carbocycles. The smallest absolute Gasteiger partial charge is 0.242 e. The molecule has 11 heavy (non-hydrogen) atoms. The van der Waals surface area contributed by atoms with Crippen molar-refractivity contribution in [1.29, 1.82) is 0 Å². The van der Waals surface area contributed by atoms with E-state index in [0.717, 1.165) is 0 Å². The number of aliphatic hydroxyl groups excluding tert-OH is 1. The first-order chi connectivity index (χ1) is 4.74. The van der Waals surface area contributed by atoms with E-state index in [0.29, 0.717) is 13.0 Å². The average molecular weight is 188 g/mol. The molecule has 1 aliphatic heterocycles. The highest BCUT2D eigenvalue weighted by Gasteiger charge is 2.29. The summed E-state index contributed by atoms with van der Waals surface area (Å²) in [5.74, 6) is -0.558. The largest absolute Gasteiger partial charge is 0.395 e. The molecule has 1 saturated heterocycles. The first kappa shape index (κ1) is 11.1. The van der Waals surface area contributed by atoms with E-state index in [-0.39, 0.29) is 25.1 Å². The fraction of sp³-hybridized carbons (Fsp3) is 1.00. The number of hydrogen-bond donors (Lipinski definition) is 2. The van der Waals surface area contributed by atoms with E-state index in [9.17, 15) is 8.78 Å². The summed E-state index contributed by atoms with van der Waals surface area (Å²) < 4.78 is 23.9. The highest BCUT2D eigenvalue weighted by Crippen LogP contribution is 2.20. The fourth-order valence-electron chi connectivity index (χ4n) is 1.18. The average Bonchev–Trinajstić information content (AvgIpc) is 2.34. The Morgan fingerprint density at radius 2 is 2.18 bits per heavy atom. The van der Waals surface area contributed by atoms with Crippen LogP contribution >= 0.6 is 12.4 Å². The molecule has 2 atom stereocenters. The van der Waals surface area contributed by atoms with Gasteiger partial charge in [-0.2, -0.15) is 0 Å². The number of rotatable bonds is 2. The van der Waals surface area contributed by atoms with Gasteiger partial charge in [0.2, 0.25) is 6.43 Å². The van der Waals surface area contributed by atoms with Gasteiger partial charge in [0.25, 0.3) is 0 Å². The molecule has 0 radical (unpaired) electrons. The number of alkyl halides is 2. The number of halogens is 3. The molecule has 1 aliphatic rings. The molecule has 0 aromatic heterocycles. The van der Waals surface area contributed by atoms with Gasteiger partial charge in [-0.05, 0) is 6.42 Å². The van der Waals surface area contributed by atoms with Gasteiger partial charge in [0, 0.05) is 18.5 Å². The van der Waals surface area contributed by atoms with E-state index in [1.54, 1.807) is 0 Å². The van der Waals surface area contributed by atoms with Gasteiger partial charge in [-0.15, -0.1) is 12.4 Å². The van der Waals surface area contributed by atoms with Gasteiger partial charge < -0.3 is 10.4 Å². The van der Waals surface area contributed by atoms with Gasteiger partial charge in [0.15, 0.2) is 0 Å². The number of aliphatic hydroxyl groups is 1. The third-order valence-corrected chi connectivity index (χ3v) is 1.83. The van der Waals surface area contributed by atoms with Crippen molar-refractivity contribution >= 4 is 12.4 Å². The lowest BCUT2D eigenvalue weighted by atomic mass is 10.1. The Morgan fingerprint density at radius 3 is 2.45 bits per heavy atom. The van der Waals surface area contributed by atoms with Gasteiger partial charge >= 0.3 is 0 Å². The molecule has 5 heteroatoms. The van der Waals surface area contributed by atoms with E-state index < -0.39 is 12.3 Å². The number of hydrogen-bond acceptors (Lipinski definition) is 2. The Bertz CT molecular complexity index is 115. The summed E-state index contributed by atoms with van der Waals surface area (Å²) in [4.78, 5) is 0. The Labute approximate surface area is 70.4 Å². The minimum Gasteiger partial charge on any atom is -0.395 e. The molecule has 0 bridgehead atoms. The molecular formula is C6H12ClF2NO. The van der Waals surface area contributed by atoms with E-state index in [2.05, 4.69) is 5.32 Å². The number of nitrogens with one attached hydrogen (secondary N) is 1. The Kier molecular flexibility index (Phi) is 4.88. The van der Waals surface area contributed by atoms with Crippen LogP contribution in [0.1, 0.15) is 6.42 Å². The zero-order valence-corrected chi connectivity index (χ0v) is 6.78. The van der Waals surface area contributed by atoms with Crippen LogP contribution in [0.4, 0.5) is 8.78 Å². The van der Waals surface area contributed by atoms with Crippen LogP contribution < -0.4 is 5.32 Å². The van der Waals surface area contributed by atoms with Crippen molar-refractivity contribution in [2.75, 3.05) is 13.2 Å². The molecule has 1 fully saturated rings. The first-order valence-corrected chi connectivity index (χ1v) is 3.36. The molecule has 0 spiro atoms. The SMILES string of the molecule is Cl.OC[C@@H]1C[C@@H](C(F)F)CN1. The van der Waals surface area contributed by atoms with Crippen molar-refractivity contribution in [3.63, 3.8) is 0 Å². The third-order valence-electron chi connectivity index (χ3n) is 1.83. The van der Waals surface area contributed by atoms with Gasteiger partial charge in [0.1, 0.15) is 0 Å². The lowest BCUT2D eigenvalue weighted by Crippen LogP contribution is -2.24. The molecule has 0 aromatic rings. The van der Waals surface area contributed by atoms with Crippen molar-refractivity contribution in [2.45, 2.75) is 18.9 Å². The third kappa shape index (κ3) is 2.89. The molecule has 0 aromatic carbocycles. The van der Waals surface area contributed by atoms with E-state index in [4.69, 9.17) is 5.11 Å². The standard InChI is InChI=1S/C6H11F2NO.ClH/c7-6(8)4-1-5(3-10)9-2-4;/h4-6,9-10H,1-3H2;1H/t4-,5+;/m1./s1. The predicted molar refractivity (Wildman–Crippen MR) is 40.2 cm³/mol. The molecule has 0 aliphatic carbocycles. The minimum atomic E-state index is -2.25. The van der Waals surface area contributed by atoms with Crippen molar-refractivity contribution in [1.82, 2.24) is 5.32 Å². The normalized spacial score (nSPS) is 30.5. The Morgan fingerprint density at radius 1 is 1.55 bits per heavy atom. The lowest BCUT2D eigenvalue weighted by molar-refractivity contribution is 0.0846. The van der Waals surface area contributed by atoms with Crippen LogP contribution in [0.25, 0.3) is 0 Å². The van der Waals surface area contributed by atoms with E-state index in [1.165, 1.54) is 0 Å². The van der Waals surface area contributed by atoms with Crippen LogP contribution in [0, 0.1) is 5.92 Å². The topological polar surface area (TPSA) is 32.3 Å². The van der Waals surface area contributed by atoms with Gasteiger partial charge in [0.05, 0.1) is 6.61 Å². The molecular weight excluding hydrogens is 176 g/mol. The second-order valence-electron chi connectivity index (χ2n) is 2.62. The maximum atomic E-state index is 11.9. The van der Waals surface area contributed by atoms with Crippen LogP contribution in [0.2, 0.25) is 0 Å². The molecule has 68 valence electrons. The zero-order chi connectivity index (χ0) is 7.56.